The molecule has 0 bridgehead atoms. The normalized spacial score (nSPS) is 9.21. The number of rotatable bonds is 6. The molecule has 5 heteroatoms. The van der Waals surface area contributed by atoms with Crippen LogP contribution in [-0.2, 0) is 4.79 Å². The van der Waals surface area contributed by atoms with Crippen LogP contribution in [-0.4, -0.2) is 25.1 Å². The Kier molecular flexibility index (Phi) is 6.19. The van der Waals surface area contributed by atoms with Crippen molar-refractivity contribution in [1.29, 1.82) is 0 Å². The molecule has 80 valence electrons. The van der Waals surface area contributed by atoms with Gasteiger partial charge >= 0.3 is 6.03 Å². The molecule has 0 fully saturated rings. The molecule has 0 unspecified atom stereocenters. The molecule has 5 nitrogen and oxygen atoms in total. The van der Waals surface area contributed by atoms with Crippen molar-refractivity contribution in [1.82, 2.24) is 10.6 Å². The molecule has 0 aliphatic carbocycles. The van der Waals surface area contributed by atoms with Gasteiger partial charge in [-0.05, 0) is 18.4 Å². The number of amides is 2. The molecule has 0 aliphatic rings. The van der Waals surface area contributed by atoms with Gasteiger partial charge in [0.2, 0.25) is 0 Å². The first kappa shape index (κ1) is 12.5. The Hall–Kier alpha value is -1.52. The zero-order valence-corrected chi connectivity index (χ0v) is 8.26. The van der Waals surface area contributed by atoms with Crippen molar-refractivity contribution in [3.8, 4) is 0 Å². The van der Waals surface area contributed by atoms with Crippen molar-refractivity contribution in [3.63, 3.8) is 0 Å². The molecule has 0 radical (unpaired) electrons. The average molecular weight is 199 g/mol. The van der Waals surface area contributed by atoms with E-state index in [4.69, 9.17) is 0 Å². The fourth-order valence-corrected chi connectivity index (χ4v) is 0.730. The summed E-state index contributed by atoms with van der Waals surface area (Å²) < 4.78 is 0. The molecule has 0 aliphatic heterocycles. The molecule has 0 atom stereocenters. The quantitative estimate of drug-likeness (QED) is 0.560. The van der Waals surface area contributed by atoms with Crippen LogP contribution in [0.25, 0.3) is 0 Å². The van der Waals surface area contributed by atoms with Gasteiger partial charge in [0.1, 0.15) is 0 Å². The van der Waals surface area contributed by atoms with Crippen LogP contribution in [0, 0.1) is 0 Å². The number of nitrogens with one attached hydrogen (secondary N) is 2. The monoisotopic (exact) mass is 199 g/mol. The topological polar surface area (TPSA) is 81.3 Å². The SMILES string of the molecule is C=C(CCNC(=O)NCCC)C(=O)[O-]. The summed E-state index contributed by atoms with van der Waals surface area (Å²) in [7, 11) is 0. The molecule has 0 spiro atoms. The Morgan fingerprint density at radius 1 is 1.29 bits per heavy atom. The Morgan fingerprint density at radius 3 is 2.36 bits per heavy atom. The molecular weight excluding hydrogens is 184 g/mol. The van der Waals surface area contributed by atoms with Crippen LogP contribution in [0.5, 0.6) is 0 Å². The summed E-state index contributed by atoms with van der Waals surface area (Å²) in [6, 6.07) is -0.294. The molecule has 0 rings (SSSR count). The summed E-state index contributed by atoms with van der Waals surface area (Å²) in [5.74, 6) is -1.28. The number of carbonyl (C=O) groups excluding carboxylic acids is 2. The number of aliphatic carboxylic acids is 1. The lowest BCUT2D eigenvalue weighted by Gasteiger charge is -2.08. The van der Waals surface area contributed by atoms with Gasteiger partial charge in [-0.25, -0.2) is 4.79 Å². The summed E-state index contributed by atoms with van der Waals surface area (Å²) in [5, 5.41) is 15.3. The van der Waals surface area contributed by atoms with Crippen molar-refractivity contribution in [2.45, 2.75) is 19.8 Å². The van der Waals surface area contributed by atoms with E-state index in [0.29, 0.717) is 6.54 Å². The molecule has 0 heterocycles. The minimum absolute atomic E-state index is 0.0132. The van der Waals surface area contributed by atoms with E-state index in [9.17, 15) is 14.7 Å². The van der Waals surface area contributed by atoms with Crippen LogP contribution in [0.15, 0.2) is 12.2 Å². The fraction of sp³-hybridized carbons (Fsp3) is 0.556. The van der Waals surface area contributed by atoms with E-state index in [-0.39, 0.29) is 24.6 Å². The van der Waals surface area contributed by atoms with E-state index < -0.39 is 5.97 Å². The highest BCUT2D eigenvalue weighted by atomic mass is 16.4. The van der Waals surface area contributed by atoms with Crippen molar-refractivity contribution in [2.75, 3.05) is 13.1 Å². The van der Waals surface area contributed by atoms with Gasteiger partial charge in [0.15, 0.2) is 0 Å². The molecular formula is C9H15N2O3-. The predicted octanol–water partition coefficient (Wildman–Crippen LogP) is -0.608. The molecule has 0 aromatic rings. The number of carboxylic acids is 1. The zero-order valence-electron chi connectivity index (χ0n) is 8.26. The van der Waals surface area contributed by atoms with E-state index in [0.717, 1.165) is 6.42 Å². The van der Waals surface area contributed by atoms with E-state index in [1.165, 1.54) is 0 Å². The Morgan fingerprint density at radius 2 is 1.86 bits per heavy atom. The van der Waals surface area contributed by atoms with Crippen molar-refractivity contribution in [2.24, 2.45) is 0 Å². The second kappa shape index (κ2) is 6.94. The van der Waals surface area contributed by atoms with Gasteiger partial charge in [-0.3, -0.25) is 0 Å². The molecule has 0 aromatic heterocycles. The molecule has 0 saturated heterocycles. The third-order valence-electron chi connectivity index (χ3n) is 1.54. The number of carbonyl (C=O) groups is 2. The van der Waals surface area contributed by atoms with Crippen LogP contribution in [0.1, 0.15) is 19.8 Å². The maximum atomic E-state index is 10.9. The smallest absolute Gasteiger partial charge is 0.314 e. The molecule has 14 heavy (non-hydrogen) atoms. The highest BCUT2D eigenvalue weighted by Crippen LogP contribution is 1.92. The molecule has 0 aromatic carbocycles. The van der Waals surface area contributed by atoms with E-state index >= 15 is 0 Å². The van der Waals surface area contributed by atoms with E-state index in [1.807, 2.05) is 6.92 Å². The summed E-state index contributed by atoms with van der Waals surface area (Å²) in [6.45, 7) is 6.08. The third-order valence-corrected chi connectivity index (χ3v) is 1.54. The van der Waals surface area contributed by atoms with Crippen molar-refractivity contribution < 1.29 is 14.7 Å². The second-order valence-electron chi connectivity index (χ2n) is 2.82. The van der Waals surface area contributed by atoms with Crippen molar-refractivity contribution in [3.05, 3.63) is 12.2 Å². The highest BCUT2D eigenvalue weighted by Gasteiger charge is 1.99. The molecule has 0 saturated carbocycles. The maximum Gasteiger partial charge on any atom is 0.314 e. The van der Waals surface area contributed by atoms with Gasteiger partial charge in [0, 0.05) is 13.1 Å². The summed E-state index contributed by atoms with van der Waals surface area (Å²) >= 11 is 0. The van der Waals surface area contributed by atoms with Gasteiger partial charge in [0.05, 0.1) is 5.97 Å². The number of hydrogen-bond acceptors (Lipinski definition) is 3. The summed E-state index contributed by atoms with van der Waals surface area (Å²) in [5.41, 5.74) is -0.0132. The Bertz CT molecular complexity index is 226. The number of carboxylic acid groups (broad SMARTS) is 1. The zero-order chi connectivity index (χ0) is 11.0. The van der Waals surface area contributed by atoms with Crippen LogP contribution in [0.2, 0.25) is 0 Å². The third kappa shape index (κ3) is 6.05. The maximum absolute atomic E-state index is 10.9. The van der Waals surface area contributed by atoms with Gasteiger partial charge in [-0.1, -0.05) is 13.5 Å². The molecule has 2 N–H and O–H groups in total. The lowest BCUT2D eigenvalue weighted by molar-refractivity contribution is -0.299. The van der Waals surface area contributed by atoms with Gasteiger partial charge in [-0.2, -0.15) is 0 Å². The predicted molar refractivity (Wildman–Crippen MR) is 50.5 cm³/mol. The first-order chi connectivity index (χ1) is 6.57. The largest absolute Gasteiger partial charge is 0.545 e. The van der Waals surface area contributed by atoms with Crippen LogP contribution >= 0.6 is 0 Å². The minimum atomic E-state index is -1.28. The second-order valence-corrected chi connectivity index (χ2v) is 2.82. The number of hydrogen-bond donors (Lipinski definition) is 2. The van der Waals surface area contributed by atoms with Gasteiger partial charge < -0.3 is 20.5 Å². The highest BCUT2D eigenvalue weighted by molar-refractivity contribution is 5.83. The van der Waals surface area contributed by atoms with E-state index in [2.05, 4.69) is 17.2 Å². The molecule has 2 amide bonds. The first-order valence-corrected chi connectivity index (χ1v) is 4.48. The Balaban J connectivity index is 3.49. The van der Waals surface area contributed by atoms with Crippen LogP contribution in [0.4, 0.5) is 4.79 Å². The van der Waals surface area contributed by atoms with Gasteiger partial charge in [0.25, 0.3) is 0 Å². The fourth-order valence-electron chi connectivity index (χ4n) is 0.730. The summed E-state index contributed by atoms with van der Waals surface area (Å²) in [4.78, 5) is 21.1. The lowest BCUT2D eigenvalue weighted by atomic mass is 10.2. The lowest BCUT2D eigenvalue weighted by Crippen LogP contribution is -2.37. The van der Waals surface area contributed by atoms with Crippen LogP contribution in [0.3, 0.4) is 0 Å². The van der Waals surface area contributed by atoms with E-state index in [1.54, 1.807) is 0 Å². The Labute approximate surface area is 83.2 Å². The summed E-state index contributed by atoms with van der Waals surface area (Å²) in [6.07, 6.45) is 1.06. The minimum Gasteiger partial charge on any atom is -0.545 e. The number of urea groups is 1. The van der Waals surface area contributed by atoms with Gasteiger partial charge in [-0.15, -0.1) is 0 Å². The van der Waals surface area contributed by atoms with Crippen molar-refractivity contribution >= 4 is 12.0 Å². The standard InChI is InChI=1S/C9H16N2O3/c1-3-5-10-9(14)11-6-4-7(2)8(12)13/h2-6H2,1H3,(H,12,13)(H2,10,11,14)/p-1. The van der Waals surface area contributed by atoms with Crippen LogP contribution < -0.4 is 15.7 Å². The first-order valence-electron chi connectivity index (χ1n) is 4.48. The average Bonchev–Trinajstić information content (AvgIpc) is 2.14.